The van der Waals surface area contributed by atoms with Crippen molar-refractivity contribution in [3.05, 3.63) is 77.6 Å². The summed E-state index contributed by atoms with van der Waals surface area (Å²) in [7, 11) is 0. The van der Waals surface area contributed by atoms with Crippen LogP contribution in [0.15, 0.2) is 60.7 Å². The highest BCUT2D eigenvalue weighted by Gasteiger charge is 2.03. The van der Waals surface area contributed by atoms with Gasteiger partial charge in [-0.3, -0.25) is 4.79 Å². The molecule has 0 heterocycles. The van der Waals surface area contributed by atoms with Gasteiger partial charge in [0.15, 0.2) is 0 Å². The predicted octanol–water partition coefficient (Wildman–Crippen LogP) is 4.37. The predicted molar refractivity (Wildman–Crippen MR) is 80.1 cm³/mol. The zero-order valence-corrected chi connectivity index (χ0v) is 11.3. The van der Waals surface area contributed by atoms with Crippen molar-refractivity contribution in [3.63, 3.8) is 0 Å². The highest BCUT2D eigenvalue weighted by Crippen LogP contribution is 2.22. The van der Waals surface area contributed by atoms with Crippen LogP contribution in [0.4, 0.5) is 4.39 Å². The summed E-state index contributed by atoms with van der Waals surface area (Å²) in [6.45, 7) is 0.185. The van der Waals surface area contributed by atoms with Crippen LogP contribution in [0.1, 0.15) is 15.9 Å². The third-order valence-corrected chi connectivity index (χ3v) is 3.32. The molecule has 0 atom stereocenters. The van der Waals surface area contributed by atoms with Gasteiger partial charge < -0.3 is 4.74 Å². The zero-order chi connectivity index (χ0) is 14.7. The van der Waals surface area contributed by atoms with Crippen molar-refractivity contribution in [3.8, 4) is 5.75 Å². The highest BCUT2D eigenvalue weighted by atomic mass is 19.1. The van der Waals surface area contributed by atoms with Crippen molar-refractivity contribution in [2.45, 2.75) is 6.61 Å². The molecule has 3 aromatic carbocycles. The second-order valence-corrected chi connectivity index (χ2v) is 4.77. The molecule has 3 heteroatoms. The van der Waals surface area contributed by atoms with E-state index in [-0.39, 0.29) is 12.4 Å². The first kappa shape index (κ1) is 13.3. The minimum absolute atomic E-state index is 0.185. The second kappa shape index (κ2) is 5.75. The number of fused-ring (bicyclic) bond motifs is 1. The van der Waals surface area contributed by atoms with E-state index in [4.69, 9.17) is 4.74 Å². The minimum atomic E-state index is -0.270. The van der Waals surface area contributed by atoms with Gasteiger partial charge in [0, 0.05) is 11.1 Å². The van der Waals surface area contributed by atoms with Gasteiger partial charge in [0.25, 0.3) is 0 Å². The summed E-state index contributed by atoms with van der Waals surface area (Å²) in [5, 5.41) is 1.95. The van der Waals surface area contributed by atoms with Crippen molar-refractivity contribution in [2.24, 2.45) is 0 Å². The normalized spacial score (nSPS) is 10.5. The number of carbonyl (C=O) groups excluding carboxylic acids is 1. The van der Waals surface area contributed by atoms with Crippen molar-refractivity contribution in [2.75, 3.05) is 0 Å². The first-order valence-corrected chi connectivity index (χ1v) is 6.61. The van der Waals surface area contributed by atoms with E-state index < -0.39 is 0 Å². The molecule has 0 aliphatic rings. The Morgan fingerprint density at radius 2 is 1.71 bits per heavy atom. The molecular weight excluding hydrogens is 267 g/mol. The Hall–Kier alpha value is -2.68. The number of hydrogen-bond acceptors (Lipinski definition) is 2. The number of carbonyl (C=O) groups is 1. The topological polar surface area (TPSA) is 26.3 Å². The van der Waals surface area contributed by atoms with Gasteiger partial charge in [0.2, 0.25) is 0 Å². The molecule has 0 aromatic heterocycles. The Bertz CT molecular complexity index is 796. The summed E-state index contributed by atoms with van der Waals surface area (Å²) >= 11 is 0. The van der Waals surface area contributed by atoms with Crippen LogP contribution in [-0.4, -0.2) is 6.29 Å². The van der Waals surface area contributed by atoms with Crippen LogP contribution in [-0.2, 0) is 6.61 Å². The fourth-order valence-corrected chi connectivity index (χ4v) is 2.18. The molecule has 0 unspecified atom stereocenters. The average molecular weight is 280 g/mol. The van der Waals surface area contributed by atoms with Gasteiger partial charge in [-0.15, -0.1) is 0 Å². The monoisotopic (exact) mass is 280 g/mol. The molecule has 0 aliphatic carbocycles. The maximum atomic E-state index is 13.5. The molecule has 21 heavy (non-hydrogen) atoms. The Balaban J connectivity index is 1.82. The molecule has 2 nitrogen and oxygen atoms in total. The SMILES string of the molecule is O=Cc1ccc2cc(OCc3ccccc3F)ccc2c1. The van der Waals surface area contributed by atoms with Gasteiger partial charge in [0.05, 0.1) is 0 Å². The molecule has 0 amide bonds. The number of aldehydes is 1. The molecule has 0 spiro atoms. The van der Waals surface area contributed by atoms with Crippen molar-refractivity contribution >= 4 is 17.1 Å². The van der Waals surface area contributed by atoms with E-state index in [0.29, 0.717) is 16.9 Å². The average Bonchev–Trinajstić information content (AvgIpc) is 2.53. The van der Waals surface area contributed by atoms with Crippen LogP contribution in [0.2, 0.25) is 0 Å². The Labute approximate surface area is 121 Å². The number of halogens is 1. The van der Waals surface area contributed by atoms with Crippen LogP contribution in [0.25, 0.3) is 10.8 Å². The van der Waals surface area contributed by atoms with E-state index in [0.717, 1.165) is 17.1 Å². The number of benzene rings is 3. The molecule has 0 N–H and O–H groups in total. The van der Waals surface area contributed by atoms with Gasteiger partial charge in [0.1, 0.15) is 24.5 Å². The molecule has 0 saturated heterocycles. The summed E-state index contributed by atoms with van der Waals surface area (Å²) in [5.41, 5.74) is 1.16. The van der Waals surface area contributed by atoms with Gasteiger partial charge in [-0.25, -0.2) is 4.39 Å². The molecule has 104 valence electrons. The Morgan fingerprint density at radius 3 is 2.52 bits per heavy atom. The summed E-state index contributed by atoms with van der Waals surface area (Å²) < 4.78 is 19.1. The van der Waals surface area contributed by atoms with E-state index in [1.807, 2.05) is 30.3 Å². The number of hydrogen-bond donors (Lipinski definition) is 0. The van der Waals surface area contributed by atoms with E-state index in [9.17, 15) is 9.18 Å². The van der Waals surface area contributed by atoms with E-state index >= 15 is 0 Å². The Kier molecular flexibility index (Phi) is 3.65. The third kappa shape index (κ3) is 2.92. The molecule has 3 rings (SSSR count). The highest BCUT2D eigenvalue weighted by molar-refractivity contribution is 5.89. The molecular formula is C18H13FO2. The van der Waals surface area contributed by atoms with Gasteiger partial charge in [-0.1, -0.05) is 36.4 Å². The zero-order valence-electron chi connectivity index (χ0n) is 11.3. The smallest absolute Gasteiger partial charge is 0.150 e. The second-order valence-electron chi connectivity index (χ2n) is 4.77. The summed E-state index contributed by atoms with van der Waals surface area (Å²) in [6.07, 6.45) is 0.821. The summed E-state index contributed by atoms with van der Waals surface area (Å²) in [5.74, 6) is 0.401. The van der Waals surface area contributed by atoms with Crippen LogP contribution < -0.4 is 4.74 Å². The van der Waals surface area contributed by atoms with Crippen molar-refractivity contribution in [1.29, 1.82) is 0 Å². The molecule has 0 bridgehead atoms. The maximum Gasteiger partial charge on any atom is 0.150 e. The fourth-order valence-electron chi connectivity index (χ4n) is 2.18. The molecule has 0 saturated carbocycles. The van der Waals surface area contributed by atoms with Crippen LogP contribution in [0.3, 0.4) is 0 Å². The lowest BCUT2D eigenvalue weighted by Crippen LogP contribution is -1.98. The number of rotatable bonds is 4. The lowest BCUT2D eigenvalue weighted by atomic mass is 10.1. The Morgan fingerprint density at radius 1 is 0.952 bits per heavy atom. The van der Waals surface area contributed by atoms with Crippen LogP contribution in [0.5, 0.6) is 5.75 Å². The molecule has 3 aromatic rings. The van der Waals surface area contributed by atoms with Gasteiger partial charge in [-0.2, -0.15) is 0 Å². The van der Waals surface area contributed by atoms with E-state index in [1.54, 1.807) is 24.3 Å². The fraction of sp³-hybridized carbons (Fsp3) is 0.0556. The van der Waals surface area contributed by atoms with Crippen LogP contribution >= 0.6 is 0 Å². The first-order valence-electron chi connectivity index (χ1n) is 6.61. The maximum absolute atomic E-state index is 13.5. The summed E-state index contributed by atoms with van der Waals surface area (Å²) in [4.78, 5) is 10.7. The summed E-state index contributed by atoms with van der Waals surface area (Å²) in [6, 6.07) is 17.6. The van der Waals surface area contributed by atoms with Gasteiger partial charge in [-0.05, 0) is 35.0 Å². The lowest BCUT2D eigenvalue weighted by Gasteiger charge is -2.08. The first-order chi connectivity index (χ1) is 10.3. The van der Waals surface area contributed by atoms with E-state index in [1.165, 1.54) is 6.07 Å². The molecule has 0 aliphatic heterocycles. The van der Waals surface area contributed by atoms with Crippen LogP contribution in [0, 0.1) is 5.82 Å². The molecule has 0 radical (unpaired) electrons. The number of ether oxygens (including phenoxy) is 1. The quantitative estimate of drug-likeness (QED) is 0.663. The standard InChI is InChI=1S/C18H13FO2/c19-18-4-2-1-3-16(18)12-21-17-8-7-14-9-13(11-20)5-6-15(14)10-17/h1-11H,12H2. The van der Waals surface area contributed by atoms with E-state index in [2.05, 4.69) is 0 Å². The lowest BCUT2D eigenvalue weighted by molar-refractivity contribution is 0.112. The largest absolute Gasteiger partial charge is 0.489 e. The minimum Gasteiger partial charge on any atom is -0.489 e. The van der Waals surface area contributed by atoms with Crippen molar-refractivity contribution in [1.82, 2.24) is 0 Å². The van der Waals surface area contributed by atoms with Crippen molar-refractivity contribution < 1.29 is 13.9 Å². The van der Waals surface area contributed by atoms with Gasteiger partial charge >= 0.3 is 0 Å². The third-order valence-electron chi connectivity index (χ3n) is 3.32. The molecule has 0 fully saturated rings.